The van der Waals surface area contributed by atoms with Gasteiger partial charge in [-0.2, -0.15) is 0 Å². The summed E-state index contributed by atoms with van der Waals surface area (Å²) in [5.41, 5.74) is 1.63. The van der Waals surface area contributed by atoms with E-state index in [1.54, 1.807) is 19.2 Å². The number of methoxy groups -OCH3 is 1. The zero-order valence-corrected chi connectivity index (χ0v) is 15.2. The van der Waals surface area contributed by atoms with Crippen LogP contribution in [0.1, 0.15) is 25.0 Å². The van der Waals surface area contributed by atoms with Crippen molar-refractivity contribution in [2.24, 2.45) is 0 Å². The van der Waals surface area contributed by atoms with E-state index in [0.717, 1.165) is 16.9 Å². The van der Waals surface area contributed by atoms with E-state index in [1.165, 1.54) is 6.07 Å². The maximum absolute atomic E-state index is 12.4. The van der Waals surface area contributed by atoms with Crippen LogP contribution < -0.4 is 14.2 Å². The SMILES string of the molecule is COc1ccc(S(=O)(=O)NCc2ccc(OC(C)C)cc2)cc1C. The highest BCUT2D eigenvalue weighted by molar-refractivity contribution is 7.89. The highest BCUT2D eigenvalue weighted by atomic mass is 32.2. The van der Waals surface area contributed by atoms with Gasteiger partial charge in [0.15, 0.2) is 0 Å². The number of hydrogen-bond donors (Lipinski definition) is 1. The van der Waals surface area contributed by atoms with Crippen LogP contribution in [0.25, 0.3) is 0 Å². The third kappa shape index (κ3) is 4.72. The molecule has 0 spiro atoms. The molecule has 0 aliphatic rings. The van der Waals surface area contributed by atoms with E-state index < -0.39 is 10.0 Å². The summed E-state index contributed by atoms with van der Waals surface area (Å²) >= 11 is 0. The molecule has 0 saturated carbocycles. The maximum atomic E-state index is 12.4. The molecule has 5 nitrogen and oxygen atoms in total. The molecule has 0 aliphatic heterocycles. The molecule has 2 rings (SSSR count). The van der Waals surface area contributed by atoms with E-state index in [9.17, 15) is 8.42 Å². The lowest BCUT2D eigenvalue weighted by Crippen LogP contribution is -2.23. The Hall–Kier alpha value is -2.05. The van der Waals surface area contributed by atoms with E-state index in [4.69, 9.17) is 9.47 Å². The monoisotopic (exact) mass is 349 g/mol. The average molecular weight is 349 g/mol. The summed E-state index contributed by atoms with van der Waals surface area (Å²) in [6.07, 6.45) is 0.104. The smallest absolute Gasteiger partial charge is 0.240 e. The fourth-order valence-electron chi connectivity index (χ4n) is 2.24. The molecule has 0 bridgehead atoms. The number of nitrogens with one attached hydrogen (secondary N) is 1. The second-order valence-corrected chi connectivity index (χ2v) is 7.53. The van der Waals surface area contributed by atoms with E-state index in [2.05, 4.69) is 4.72 Å². The summed E-state index contributed by atoms with van der Waals surface area (Å²) in [5, 5.41) is 0. The minimum atomic E-state index is -3.57. The van der Waals surface area contributed by atoms with Crippen LogP contribution in [-0.4, -0.2) is 21.6 Å². The summed E-state index contributed by atoms with van der Waals surface area (Å²) in [6.45, 7) is 5.94. The van der Waals surface area contributed by atoms with Gasteiger partial charge in [-0.05, 0) is 62.2 Å². The topological polar surface area (TPSA) is 64.6 Å². The van der Waals surface area contributed by atoms with Crippen molar-refractivity contribution in [1.29, 1.82) is 0 Å². The minimum absolute atomic E-state index is 0.104. The van der Waals surface area contributed by atoms with Crippen LogP contribution in [0, 0.1) is 6.92 Å². The highest BCUT2D eigenvalue weighted by Crippen LogP contribution is 2.21. The molecule has 2 aromatic rings. The summed E-state index contributed by atoms with van der Waals surface area (Å²) in [4.78, 5) is 0.223. The van der Waals surface area contributed by atoms with Crippen molar-refractivity contribution in [2.45, 2.75) is 38.3 Å². The van der Waals surface area contributed by atoms with Gasteiger partial charge >= 0.3 is 0 Å². The summed E-state index contributed by atoms with van der Waals surface area (Å²) < 4.78 is 38.1. The lowest BCUT2D eigenvalue weighted by atomic mass is 10.2. The Morgan fingerprint density at radius 1 is 1.08 bits per heavy atom. The predicted molar refractivity (Wildman–Crippen MR) is 94.0 cm³/mol. The first-order valence-corrected chi connectivity index (χ1v) is 9.20. The van der Waals surface area contributed by atoms with E-state index in [-0.39, 0.29) is 17.5 Å². The molecule has 0 heterocycles. The van der Waals surface area contributed by atoms with Gasteiger partial charge in [0.1, 0.15) is 11.5 Å². The average Bonchev–Trinajstić information content (AvgIpc) is 2.53. The number of rotatable bonds is 7. The maximum Gasteiger partial charge on any atom is 0.240 e. The molecule has 0 amide bonds. The Balaban J connectivity index is 2.06. The first-order chi connectivity index (χ1) is 11.3. The van der Waals surface area contributed by atoms with E-state index in [1.807, 2.05) is 45.0 Å². The fraction of sp³-hybridized carbons (Fsp3) is 0.333. The lowest BCUT2D eigenvalue weighted by Gasteiger charge is -2.11. The number of ether oxygens (including phenoxy) is 2. The van der Waals surface area contributed by atoms with Gasteiger partial charge in [0.25, 0.3) is 0 Å². The zero-order valence-electron chi connectivity index (χ0n) is 14.4. The number of benzene rings is 2. The van der Waals surface area contributed by atoms with E-state index >= 15 is 0 Å². The van der Waals surface area contributed by atoms with Crippen molar-refractivity contribution < 1.29 is 17.9 Å². The Bertz CT molecular complexity index is 783. The molecule has 0 saturated heterocycles. The molecular weight excluding hydrogens is 326 g/mol. The van der Waals surface area contributed by atoms with Crippen LogP contribution in [0.5, 0.6) is 11.5 Å². The van der Waals surface area contributed by atoms with Gasteiger partial charge in [-0.15, -0.1) is 0 Å². The summed E-state index contributed by atoms with van der Waals surface area (Å²) in [7, 11) is -2.01. The van der Waals surface area contributed by atoms with Crippen LogP contribution >= 0.6 is 0 Å². The molecule has 0 atom stereocenters. The van der Waals surface area contributed by atoms with E-state index in [0.29, 0.717) is 5.75 Å². The molecule has 2 aromatic carbocycles. The third-order valence-corrected chi connectivity index (χ3v) is 4.84. The highest BCUT2D eigenvalue weighted by Gasteiger charge is 2.15. The zero-order chi connectivity index (χ0) is 17.7. The molecule has 1 N–H and O–H groups in total. The molecule has 24 heavy (non-hydrogen) atoms. The van der Waals surface area contributed by atoms with Gasteiger partial charge in [0.05, 0.1) is 18.1 Å². The van der Waals surface area contributed by atoms with Crippen LogP contribution in [0.3, 0.4) is 0 Å². The Morgan fingerprint density at radius 3 is 2.29 bits per heavy atom. The predicted octanol–water partition coefficient (Wildman–Crippen LogP) is 3.27. The second kappa shape index (κ2) is 7.68. The molecule has 0 radical (unpaired) electrons. The van der Waals surface area contributed by atoms with Crippen LogP contribution in [-0.2, 0) is 16.6 Å². The van der Waals surface area contributed by atoms with Crippen LogP contribution in [0.15, 0.2) is 47.4 Å². The molecule has 0 aliphatic carbocycles. The van der Waals surface area contributed by atoms with Crippen LogP contribution in [0.4, 0.5) is 0 Å². The number of sulfonamides is 1. The standard InChI is InChI=1S/C18H23NO4S/c1-13(2)23-16-7-5-15(6-8-16)12-19-24(20,21)17-9-10-18(22-4)14(3)11-17/h5-11,13,19H,12H2,1-4H3. The van der Waals surface area contributed by atoms with Crippen LogP contribution in [0.2, 0.25) is 0 Å². The van der Waals surface area contributed by atoms with Gasteiger partial charge in [0.2, 0.25) is 10.0 Å². The van der Waals surface area contributed by atoms with Gasteiger partial charge in [0, 0.05) is 6.54 Å². The van der Waals surface area contributed by atoms with Gasteiger partial charge in [-0.1, -0.05) is 12.1 Å². The summed E-state index contributed by atoms with van der Waals surface area (Å²) in [5.74, 6) is 1.43. The largest absolute Gasteiger partial charge is 0.496 e. The van der Waals surface area contributed by atoms with Crippen molar-refractivity contribution in [3.8, 4) is 11.5 Å². The number of hydrogen-bond acceptors (Lipinski definition) is 4. The van der Waals surface area contributed by atoms with Crippen molar-refractivity contribution in [3.05, 3.63) is 53.6 Å². The van der Waals surface area contributed by atoms with Crippen molar-refractivity contribution >= 4 is 10.0 Å². The molecule has 6 heteroatoms. The Labute approximate surface area is 143 Å². The van der Waals surface area contributed by atoms with Crippen molar-refractivity contribution in [1.82, 2.24) is 4.72 Å². The number of aryl methyl sites for hydroxylation is 1. The normalized spacial score (nSPS) is 11.5. The summed E-state index contributed by atoms with van der Waals surface area (Å²) in [6, 6.07) is 12.2. The fourth-order valence-corrected chi connectivity index (χ4v) is 3.34. The molecule has 0 unspecified atom stereocenters. The molecule has 130 valence electrons. The Kier molecular flexibility index (Phi) is 5.85. The first kappa shape index (κ1) is 18.3. The molecule has 0 fully saturated rings. The van der Waals surface area contributed by atoms with Crippen molar-refractivity contribution in [3.63, 3.8) is 0 Å². The van der Waals surface area contributed by atoms with Crippen molar-refractivity contribution in [2.75, 3.05) is 7.11 Å². The Morgan fingerprint density at radius 2 is 1.75 bits per heavy atom. The lowest BCUT2D eigenvalue weighted by molar-refractivity contribution is 0.242. The third-order valence-electron chi connectivity index (χ3n) is 3.44. The molecular formula is C18H23NO4S. The minimum Gasteiger partial charge on any atom is -0.496 e. The first-order valence-electron chi connectivity index (χ1n) is 7.71. The van der Waals surface area contributed by atoms with Gasteiger partial charge in [-0.3, -0.25) is 0 Å². The van der Waals surface area contributed by atoms with Gasteiger partial charge < -0.3 is 9.47 Å². The second-order valence-electron chi connectivity index (χ2n) is 5.77. The quantitative estimate of drug-likeness (QED) is 0.833. The van der Waals surface area contributed by atoms with Gasteiger partial charge in [-0.25, -0.2) is 13.1 Å². The molecule has 0 aromatic heterocycles.